The van der Waals surface area contributed by atoms with E-state index in [4.69, 9.17) is 0 Å². The standard InChI is InChI=1S/C16H25FN2O2/c1-5-14(6-2)18(10-12(3)4)11-13-7-8-16(19(20)21)15(17)9-13/h7-9,12,14H,5-6,10-11H2,1-4H3. The molecule has 0 heterocycles. The molecule has 1 aromatic carbocycles. The van der Waals surface area contributed by atoms with Crippen LogP contribution in [0.25, 0.3) is 0 Å². The molecular formula is C16H25FN2O2. The van der Waals surface area contributed by atoms with Crippen molar-refractivity contribution in [2.24, 2.45) is 5.92 Å². The van der Waals surface area contributed by atoms with Gasteiger partial charge < -0.3 is 0 Å². The van der Waals surface area contributed by atoms with E-state index in [0.29, 0.717) is 18.5 Å². The molecule has 1 aromatic rings. The van der Waals surface area contributed by atoms with Crippen LogP contribution in [0.5, 0.6) is 0 Å². The molecule has 0 saturated heterocycles. The summed E-state index contributed by atoms with van der Waals surface area (Å²) in [6.45, 7) is 10.2. The third kappa shape index (κ3) is 5.08. The summed E-state index contributed by atoms with van der Waals surface area (Å²) in [6, 6.07) is 4.64. The summed E-state index contributed by atoms with van der Waals surface area (Å²) in [7, 11) is 0. The van der Waals surface area contributed by atoms with Crippen LogP contribution in [0.3, 0.4) is 0 Å². The average Bonchev–Trinajstić information content (AvgIpc) is 2.38. The van der Waals surface area contributed by atoms with Crippen molar-refractivity contribution in [1.29, 1.82) is 0 Å². The molecule has 0 aliphatic heterocycles. The third-order valence-corrected chi connectivity index (χ3v) is 3.65. The van der Waals surface area contributed by atoms with E-state index in [-0.39, 0.29) is 0 Å². The van der Waals surface area contributed by atoms with Gasteiger partial charge in [0.05, 0.1) is 4.92 Å². The Balaban J connectivity index is 2.92. The van der Waals surface area contributed by atoms with Gasteiger partial charge in [-0.1, -0.05) is 33.8 Å². The smallest absolute Gasteiger partial charge is 0.296 e. The predicted octanol–water partition coefficient (Wildman–Crippen LogP) is 4.38. The third-order valence-electron chi connectivity index (χ3n) is 3.65. The van der Waals surface area contributed by atoms with Crippen molar-refractivity contribution >= 4 is 5.69 Å². The zero-order valence-electron chi connectivity index (χ0n) is 13.3. The van der Waals surface area contributed by atoms with Crippen LogP contribution in [-0.4, -0.2) is 22.4 Å². The SMILES string of the molecule is CCC(CC)N(Cc1ccc([N+](=O)[O-])c(F)c1)CC(C)C. The number of nitro benzene ring substituents is 1. The maximum absolute atomic E-state index is 13.7. The molecule has 21 heavy (non-hydrogen) atoms. The van der Waals surface area contributed by atoms with Crippen LogP contribution in [0.4, 0.5) is 10.1 Å². The lowest BCUT2D eigenvalue weighted by Crippen LogP contribution is -2.36. The predicted molar refractivity (Wildman–Crippen MR) is 82.7 cm³/mol. The fourth-order valence-corrected chi connectivity index (χ4v) is 2.65. The van der Waals surface area contributed by atoms with Crippen LogP contribution in [0.2, 0.25) is 0 Å². The van der Waals surface area contributed by atoms with Crippen LogP contribution in [-0.2, 0) is 6.54 Å². The lowest BCUT2D eigenvalue weighted by Gasteiger charge is -2.32. The zero-order valence-corrected chi connectivity index (χ0v) is 13.3. The summed E-state index contributed by atoms with van der Waals surface area (Å²) >= 11 is 0. The average molecular weight is 296 g/mol. The first-order valence-corrected chi connectivity index (χ1v) is 7.55. The number of rotatable bonds is 8. The Morgan fingerprint density at radius 1 is 1.29 bits per heavy atom. The van der Waals surface area contributed by atoms with Crippen LogP contribution in [0.1, 0.15) is 46.1 Å². The molecule has 0 aromatic heterocycles. The molecule has 4 nitrogen and oxygen atoms in total. The summed E-state index contributed by atoms with van der Waals surface area (Å²) in [5.41, 5.74) is 0.322. The second kappa shape index (κ2) is 8.08. The monoisotopic (exact) mass is 296 g/mol. The molecule has 0 unspecified atom stereocenters. The number of benzene rings is 1. The van der Waals surface area contributed by atoms with Gasteiger partial charge in [0, 0.05) is 25.2 Å². The van der Waals surface area contributed by atoms with Crippen LogP contribution in [0, 0.1) is 21.8 Å². The summed E-state index contributed by atoms with van der Waals surface area (Å²) < 4.78 is 13.7. The summed E-state index contributed by atoms with van der Waals surface area (Å²) in [5.74, 6) is -0.236. The first-order chi connectivity index (χ1) is 9.88. The van der Waals surface area contributed by atoms with Gasteiger partial charge in [0.15, 0.2) is 0 Å². The van der Waals surface area contributed by atoms with Crippen molar-refractivity contribution in [2.75, 3.05) is 6.54 Å². The van der Waals surface area contributed by atoms with Crippen LogP contribution >= 0.6 is 0 Å². The van der Waals surface area contributed by atoms with Crippen LogP contribution in [0.15, 0.2) is 18.2 Å². The van der Waals surface area contributed by atoms with Crippen molar-refractivity contribution in [3.63, 3.8) is 0 Å². The van der Waals surface area contributed by atoms with Crippen molar-refractivity contribution in [3.8, 4) is 0 Å². The first kappa shape index (κ1) is 17.6. The highest BCUT2D eigenvalue weighted by Crippen LogP contribution is 2.21. The number of nitro groups is 1. The Morgan fingerprint density at radius 2 is 1.90 bits per heavy atom. The minimum Gasteiger partial charge on any atom is -0.296 e. The number of nitrogens with zero attached hydrogens (tertiary/aromatic N) is 2. The van der Waals surface area contributed by atoms with Gasteiger partial charge in [0.2, 0.25) is 5.82 Å². The van der Waals surface area contributed by atoms with Crippen molar-refractivity contribution in [3.05, 3.63) is 39.7 Å². The van der Waals surface area contributed by atoms with Crippen molar-refractivity contribution < 1.29 is 9.31 Å². The minimum atomic E-state index is -0.758. The molecule has 1 rings (SSSR count). The highest BCUT2D eigenvalue weighted by Gasteiger charge is 2.19. The van der Waals surface area contributed by atoms with E-state index < -0.39 is 16.4 Å². The maximum Gasteiger partial charge on any atom is 0.304 e. The molecule has 0 radical (unpaired) electrons. The van der Waals surface area contributed by atoms with E-state index >= 15 is 0 Å². The molecule has 0 fully saturated rings. The second-order valence-corrected chi connectivity index (χ2v) is 5.84. The van der Waals surface area contributed by atoms with Gasteiger partial charge in [-0.25, -0.2) is 0 Å². The van der Waals surface area contributed by atoms with E-state index in [0.717, 1.165) is 24.9 Å². The van der Waals surface area contributed by atoms with E-state index in [1.807, 2.05) is 0 Å². The van der Waals surface area contributed by atoms with Crippen molar-refractivity contribution in [2.45, 2.75) is 53.1 Å². The van der Waals surface area contributed by atoms with Gasteiger partial charge in [0.1, 0.15) is 0 Å². The molecule has 0 bridgehead atoms. The van der Waals surface area contributed by atoms with E-state index in [1.54, 1.807) is 6.07 Å². The molecule has 0 aliphatic carbocycles. The van der Waals surface area contributed by atoms with E-state index in [2.05, 4.69) is 32.6 Å². The van der Waals surface area contributed by atoms with Crippen molar-refractivity contribution in [1.82, 2.24) is 4.90 Å². The lowest BCUT2D eigenvalue weighted by atomic mass is 10.1. The molecule has 0 spiro atoms. The fraction of sp³-hybridized carbons (Fsp3) is 0.625. The van der Waals surface area contributed by atoms with Gasteiger partial charge in [-0.15, -0.1) is 0 Å². The molecule has 0 amide bonds. The molecule has 118 valence electrons. The van der Waals surface area contributed by atoms with E-state index in [9.17, 15) is 14.5 Å². The topological polar surface area (TPSA) is 46.4 Å². The highest BCUT2D eigenvalue weighted by molar-refractivity contribution is 5.35. The highest BCUT2D eigenvalue weighted by atomic mass is 19.1. The second-order valence-electron chi connectivity index (χ2n) is 5.84. The Labute approximate surface area is 126 Å². The first-order valence-electron chi connectivity index (χ1n) is 7.55. The Bertz CT molecular complexity index is 473. The normalized spacial score (nSPS) is 11.6. The van der Waals surface area contributed by atoms with Gasteiger partial charge in [-0.3, -0.25) is 15.0 Å². The Hall–Kier alpha value is -1.49. The lowest BCUT2D eigenvalue weighted by molar-refractivity contribution is -0.387. The largest absolute Gasteiger partial charge is 0.304 e. The van der Waals surface area contributed by atoms with Gasteiger partial charge >= 0.3 is 5.69 Å². The minimum absolute atomic E-state index is 0.450. The molecule has 0 N–H and O–H groups in total. The maximum atomic E-state index is 13.7. The molecular weight excluding hydrogens is 271 g/mol. The van der Waals surface area contributed by atoms with E-state index in [1.165, 1.54) is 12.1 Å². The molecule has 0 aliphatic rings. The molecule has 0 saturated carbocycles. The van der Waals surface area contributed by atoms with Gasteiger partial charge in [-0.05, 0) is 30.4 Å². The number of hydrogen-bond acceptors (Lipinski definition) is 3. The van der Waals surface area contributed by atoms with Crippen LogP contribution < -0.4 is 0 Å². The summed E-state index contributed by atoms with van der Waals surface area (Å²) in [5, 5.41) is 10.7. The summed E-state index contributed by atoms with van der Waals surface area (Å²) in [6.07, 6.45) is 2.08. The Kier molecular flexibility index (Phi) is 6.75. The Morgan fingerprint density at radius 3 is 2.33 bits per heavy atom. The number of hydrogen-bond donors (Lipinski definition) is 0. The number of halogens is 1. The fourth-order valence-electron chi connectivity index (χ4n) is 2.65. The summed E-state index contributed by atoms with van der Waals surface area (Å²) in [4.78, 5) is 12.3. The van der Waals surface area contributed by atoms with Gasteiger partial charge in [-0.2, -0.15) is 4.39 Å². The zero-order chi connectivity index (χ0) is 16.0. The quantitative estimate of drug-likeness (QED) is 0.528. The molecule has 5 heteroatoms. The molecule has 0 atom stereocenters. The van der Waals surface area contributed by atoms with Gasteiger partial charge in [0.25, 0.3) is 0 Å².